The molecule has 1 aliphatic heterocycles. The van der Waals surface area contributed by atoms with Crippen molar-refractivity contribution in [3.05, 3.63) is 78.4 Å². The van der Waals surface area contributed by atoms with E-state index in [2.05, 4.69) is 20.4 Å². The van der Waals surface area contributed by atoms with Crippen LogP contribution in [0.25, 0.3) is 17.3 Å². The summed E-state index contributed by atoms with van der Waals surface area (Å²) in [6, 6.07) is 21.6. The molecular weight excluding hydrogens is 388 g/mol. The molecule has 1 unspecified atom stereocenters. The lowest BCUT2D eigenvalue weighted by Gasteiger charge is -2.33. The normalized spacial score (nSPS) is 16.3. The van der Waals surface area contributed by atoms with Gasteiger partial charge in [0.15, 0.2) is 5.82 Å². The van der Waals surface area contributed by atoms with Gasteiger partial charge < -0.3 is 15.0 Å². The minimum Gasteiger partial charge on any atom is -0.496 e. The highest BCUT2D eigenvalue weighted by Gasteiger charge is 2.22. The summed E-state index contributed by atoms with van der Waals surface area (Å²) in [4.78, 5) is 14.5. The van der Waals surface area contributed by atoms with Crippen LogP contribution in [0.2, 0.25) is 0 Å². The number of piperidine rings is 1. The Balaban J connectivity index is 1.38. The number of para-hydroxylation sites is 1. The summed E-state index contributed by atoms with van der Waals surface area (Å²) in [7, 11) is 1.65. The molecule has 0 radical (unpaired) electrons. The Hall–Kier alpha value is -3.67. The fraction of sp³-hybridized carbons (Fsp3) is 0.240. The topological polar surface area (TPSA) is 67.3 Å². The Kier molecular flexibility index (Phi) is 6.57. The number of nitrogens with zero attached hydrogens (tertiary/aromatic N) is 3. The van der Waals surface area contributed by atoms with Crippen molar-refractivity contribution in [2.75, 3.05) is 25.1 Å². The van der Waals surface area contributed by atoms with Crippen LogP contribution in [0.1, 0.15) is 18.4 Å². The highest BCUT2D eigenvalue weighted by Crippen LogP contribution is 2.28. The first kappa shape index (κ1) is 20.6. The summed E-state index contributed by atoms with van der Waals surface area (Å²) >= 11 is 0. The summed E-state index contributed by atoms with van der Waals surface area (Å²) in [5.74, 6) is 1.51. The minimum absolute atomic E-state index is 0.0756. The van der Waals surface area contributed by atoms with Crippen LogP contribution < -0.4 is 15.0 Å². The Morgan fingerprint density at radius 3 is 2.65 bits per heavy atom. The summed E-state index contributed by atoms with van der Waals surface area (Å²) in [6.45, 7) is 1.61. The molecule has 1 aromatic heterocycles. The number of amides is 1. The Labute approximate surface area is 182 Å². The Morgan fingerprint density at radius 1 is 1.06 bits per heavy atom. The predicted octanol–water partition coefficient (Wildman–Crippen LogP) is 3.95. The van der Waals surface area contributed by atoms with Gasteiger partial charge in [0.05, 0.1) is 12.8 Å². The van der Waals surface area contributed by atoms with Crippen LogP contribution in [-0.4, -0.2) is 42.3 Å². The molecule has 1 amide bonds. The lowest BCUT2D eigenvalue weighted by atomic mass is 10.1. The number of anilines is 1. The molecule has 0 saturated carbocycles. The highest BCUT2D eigenvalue weighted by atomic mass is 16.5. The molecule has 3 aromatic rings. The molecule has 1 atom stereocenters. The van der Waals surface area contributed by atoms with E-state index < -0.39 is 0 Å². The molecule has 1 saturated heterocycles. The second-order valence-corrected chi connectivity index (χ2v) is 7.51. The zero-order valence-corrected chi connectivity index (χ0v) is 17.6. The van der Waals surface area contributed by atoms with Crippen LogP contribution in [0.15, 0.2) is 72.8 Å². The van der Waals surface area contributed by atoms with Gasteiger partial charge in [-0.05, 0) is 48.7 Å². The molecule has 1 fully saturated rings. The molecule has 0 aliphatic carbocycles. The van der Waals surface area contributed by atoms with Gasteiger partial charge in [0.25, 0.3) is 0 Å². The van der Waals surface area contributed by atoms with E-state index in [1.54, 1.807) is 13.2 Å². The number of methoxy groups -OCH3 is 1. The summed E-state index contributed by atoms with van der Waals surface area (Å²) in [5, 5.41) is 12.0. The van der Waals surface area contributed by atoms with Gasteiger partial charge in [-0.15, -0.1) is 10.2 Å². The standard InChI is InChI=1S/C25H26N4O2/c1-31-23-12-6-5-11-21(23)22-14-15-24(28-27-22)29-17-7-10-20(18-29)26-25(30)16-13-19-8-3-2-4-9-19/h2-6,8-9,11-16,20H,7,10,17-18H2,1H3,(H,26,30). The molecule has 31 heavy (non-hydrogen) atoms. The zero-order chi connectivity index (χ0) is 21.5. The number of ether oxygens (including phenoxy) is 1. The molecule has 2 aromatic carbocycles. The molecule has 158 valence electrons. The van der Waals surface area contributed by atoms with E-state index in [0.717, 1.165) is 47.8 Å². The van der Waals surface area contributed by atoms with Crippen molar-refractivity contribution in [1.82, 2.24) is 15.5 Å². The lowest BCUT2D eigenvalue weighted by molar-refractivity contribution is -0.117. The molecule has 4 rings (SSSR count). The Morgan fingerprint density at radius 2 is 1.87 bits per heavy atom. The quantitative estimate of drug-likeness (QED) is 0.619. The molecule has 6 heteroatoms. The van der Waals surface area contributed by atoms with E-state index >= 15 is 0 Å². The number of hydrogen-bond acceptors (Lipinski definition) is 5. The van der Waals surface area contributed by atoms with Crippen LogP contribution in [0.4, 0.5) is 5.82 Å². The van der Waals surface area contributed by atoms with Crippen LogP contribution in [0.5, 0.6) is 5.75 Å². The second kappa shape index (κ2) is 9.89. The van der Waals surface area contributed by atoms with E-state index in [-0.39, 0.29) is 11.9 Å². The van der Waals surface area contributed by atoms with Gasteiger partial charge >= 0.3 is 0 Å². The van der Waals surface area contributed by atoms with Gasteiger partial charge in [-0.2, -0.15) is 0 Å². The van der Waals surface area contributed by atoms with Gasteiger partial charge in [-0.3, -0.25) is 4.79 Å². The molecule has 1 aliphatic rings. The molecule has 2 heterocycles. The molecule has 0 bridgehead atoms. The van der Waals surface area contributed by atoms with E-state index in [9.17, 15) is 4.79 Å². The average Bonchev–Trinajstić information content (AvgIpc) is 2.84. The van der Waals surface area contributed by atoms with Crippen molar-refractivity contribution in [3.8, 4) is 17.0 Å². The van der Waals surface area contributed by atoms with E-state index in [4.69, 9.17) is 4.74 Å². The first-order valence-electron chi connectivity index (χ1n) is 10.5. The van der Waals surface area contributed by atoms with Crippen molar-refractivity contribution in [2.45, 2.75) is 18.9 Å². The van der Waals surface area contributed by atoms with Gasteiger partial charge in [-0.1, -0.05) is 42.5 Å². The number of rotatable bonds is 6. The summed E-state index contributed by atoms with van der Waals surface area (Å²) in [5.41, 5.74) is 2.69. The lowest BCUT2D eigenvalue weighted by Crippen LogP contribution is -2.47. The smallest absolute Gasteiger partial charge is 0.244 e. The third-order valence-corrected chi connectivity index (χ3v) is 5.35. The van der Waals surface area contributed by atoms with Gasteiger partial charge in [0, 0.05) is 30.8 Å². The first-order chi connectivity index (χ1) is 15.2. The third kappa shape index (κ3) is 5.28. The van der Waals surface area contributed by atoms with Gasteiger partial charge in [0.2, 0.25) is 5.91 Å². The molecular formula is C25H26N4O2. The third-order valence-electron chi connectivity index (χ3n) is 5.35. The van der Waals surface area contributed by atoms with E-state index in [1.165, 1.54) is 0 Å². The van der Waals surface area contributed by atoms with Crippen LogP contribution in [0, 0.1) is 0 Å². The number of carbonyl (C=O) groups is 1. The van der Waals surface area contributed by atoms with E-state index in [0.29, 0.717) is 6.54 Å². The highest BCUT2D eigenvalue weighted by molar-refractivity contribution is 5.91. The maximum Gasteiger partial charge on any atom is 0.244 e. The van der Waals surface area contributed by atoms with Gasteiger partial charge in [0.1, 0.15) is 5.75 Å². The largest absolute Gasteiger partial charge is 0.496 e. The maximum absolute atomic E-state index is 12.3. The predicted molar refractivity (Wildman–Crippen MR) is 123 cm³/mol. The summed E-state index contributed by atoms with van der Waals surface area (Å²) < 4.78 is 5.42. The van der Waals surface area contributed by atoms with Crippen molar-refractivity contribution in [2.24, 2.45) is 0 Å². The van der Waals surface area contributed by atoms with Crippen molar-refractivity contribution >= 4 is 17.8 Å². The molecule has 0 spiro atoms. The first-order valence-corrected chi connectivity index (χ1v) is 10.5. The minimum atomic E-state index is -0.0756. The number of carbonyl (C=O) groups excluding carboxylic acids is 1. The van der Waals surface area contributed by atoms with Gasteiger partial charge in [-0.25, -0.2) is 0 Å². The van der Waals surface area contributed by atoms with Crippen LogP contribution >= 0.6 is 0 Å². The number of nitrogens with one attached hydrogen (secondary N) is 1. The average molecular weight is 415 g/mol. The SMILES string of the molecule is COc1ccccc1-c1ccc(N2CCCC(NC(=O)C=Cc3ccccc3)C2)nn1. The number of aromatic nitrogens is 2. The monoisotopic (exact) mass is 414 g/mol. The number of benzene rings is 2. The van der Waals surface area contributed by atoms with Crippen molar-refractivity contribution in [3.63, 3.8) is 0 Å². The summed E-state index contributed by atoms with van der Waals surface area (Å²) in [6.07, 6.45) is 5.37. The van der Waals surface area contributed by atoms with Crippen molar-refractivity contribution < 1.29 is 9.53 Å². The second-order valence-electron chi connectivity index (χ2n) is 7.51. The van der Waals surface area contributed by atoms with E-state index in [1.807, 2.05) is 72.8 Å². The maximum atomic E-state index is 12.3. The fourth-order valence-corrected chi connectivity index (χ4v) is 3.78. The molecule has 6 nitrogen and oxygen atoms in total. The number of hydrogen-bond donors (Lipinski definition) is 1. The zero-order valence-electron chi connectivity index (χ0n) is 17.6. The van der Waals surface area contributed by atoms with Crippen LogP contribution in [0.3, 0.4) is 0 Å². The van der Waals surface area contributed by atoms with Crippen LogP contribution in [-0.2, 0) is 4.79 Å². The molecule has 1 N–H and O–H groups in total. The Bertz CT molecular complexity index is 1030. The van der Waals surface area contributed by atoms with Crippen molar-refractivity contribution in [1.29, 1.82) is 0 Å². The fourth-order valence-electron chi connectivity index (χ4n) is 3.78.